The summed E-state index contributed by atoms with van der Waals surface area (Å²) in [4.78, 5) is 0. The second-order valence-corrected chi connectivity index (χ2v) is 8.71. The highest BCUT2D eigenvalue weighted by atomic mass is 16.7. The van der Waals surface area contributed by atoms with Crippen molar-refractivity contribution in [3.63, 3.8) is 0 Å². The minimum Gasteiger partial charge on any atom is -0.399 e. The van der Waals surface area contributed by atoms with Crippen LogP contribution < -0.4 is 5.46 Å². The van der Waals surface area contributed by atoms with Gasteiger partial charge < -0.3 is 14.0 Å². The first-order valence-corrected chi connectivity index (χ1v) is 9.44. The zero-order chi connectivity index (χ0) is 16.9. The smallest absolute Gasteiger partial charge is 0.399 e. The van der Waals surface area contributed by atoms with E-state index in [9.17, 15) is 0 Å². The summed E-state index contributed by atoms with van der Waals surface area (Å²) in [7, 11) is -0.267. The van der Waals surface area contributed by atoms with E-state index in [4.69, 9.17) is 14.0 Å². The summed E-state index contributed by atoms with van der Waals surface area (Å²) in [5.41, 5.74) is 3.47. The maximum Gasteiger partial charge on any atom is 0.494 e. The monoisotopic (exact) mass is 328 g/mol. The van der Waals surface area contributed by atoms with Gasteiger partial charge in [-0.2, -0.15) is 0 Å². The average Bonchev–Trinajstić information content (AvgIpc) is 3.36. The van der Waals surface area contributed by atoms with Gasteiger partial charge in [0, 0.05) is 12.5 Å². The highest BCUT2D eigenvalue weighted by Crippen LogP contribution is 2.42. The Labute approximate surface area is 146 Å². The molecule has 0 N–H and O–H groups in total. The lowest BCUT2D eigenvalue weighted by Gasteiger charge is -2.32. The maximum atomic E-state index is 6.29. The predicted molar refractivity (Wildman–Crippen MR) is 96.9 cm³/mol. The molecule has 3 nitrogen and oxygen atoms in total. The molecule has 3 fully saturated rings. The van der Waals surface area contributed by atoms with Crippen LogP contribution in [0.15, 0.2) is 18.2 Å². The summed E-state index contributed by atoms with van der Waals surface area (Å²) >= 11 is 0. The van der Waals surface area contributed by atoms with Gasteiger partial charge >= 0.3 is 7.12 Å². The molecule has 0 amide bonds. The lowest BCUT2D eigenvalue weighted by atomic mass is 9.75. The molecular formula is C20H29BO3. The third-order valence-electron chi connectivity index (χ3n) is 6.21. The van der Waals surface area contributed by atoms with Crippen molar-refractivity contribution in [2.24, 2.45) is 0 Å². The van der Waals surface area contributed by atoms with Crippen molar-refractivity contribution in [3.8, 4) is 0 Å². The van der Waals surface area contributed by atoms with E-state index in [0.717, 1.165) is 25.6 Å². The van der Waals surface area contributed by atoms with E-state index in [1.165, 1.54) is 35.9 Å². The Morgan fingerprint density at radius 1 is 0.875 bits per heavy atom. The molecule has 24 heavy (non-hydrogen) atoms. The lowest BCUT2D eigenvalue weighted by Crippen LogP contribution is -2.41. The van der Waals surface area contributed by atoms with Crippen molar-refractivity contribution >= 4 is 12.6 Å². The summed E-state index contributed by atoms with van der Waals surface area (Å²) < 4.78 is 18.3. The molecule has 1 aromatic rings. The molecule has 4 heteroatoms. The molecule has 2 aliphatic heterocycles. The third-order valence-corrected chi connectivity index (χ3v) is 6.21. The Kier molecular flexibility index (Phi) is 4.06. The zero-order valence-corrected chi connectivity index (χ0v) is 15.4. The van der Waals surface area contributed by atoms with Gasteiger partial charge in [0.05, 0.1) is 17.8 Å². The summed E-state index contributed by atoms with van der Waals surface area (Å²) in [5, 5.41) is 0. The van der Waals surface area contributed by atoms with E-state index < -0.39 is 0 Å². The normalized spacial score (nSPS) is 29.0. The summed E-state index contributed by atoms with van der Waals surface area (Å²) in [6, 6.07) is 7.02. The van der Waals surface area contributed by atoms with Gasteiger partial charge in [-0.05, 0) is 75.9 Å². The lowest BCUT2D eigenvalue weighted by molar-refractivity contribution is 0.00578. The molecule has 1 atom stereocenters. The highest BCUT2D eigenvalue weighted by molar-refractivity contribution is 6.62. The van der Waals surface area contributed by atoms with Gasteiger partial charge in [-0.1, -0.05) is 18.2 Å². The zero-order valence-electron chi connectivity index (χ0n) is 15.4. The fourth-order valence-electron chi connectivity index (χ4n) is 3.71. The van der Waals surface area contributed by atoms with Gasteiger partial charge in [0.2, 0.25) is 0 Å². The second-order valence-electron chi connectivity index (χ2n) is 8.71. The molecule has 0 radical (unpaired) electrons. The van der Waals surface area contributed by atoms with Crippen molar-refractivity contribution in [2.45, 2.75) is 76.4 Å². The van der Waals surface area contributed by atoms with E-state index in [0.29, 0.717) is 5.92 Å². The van der Waals surface area contributed by atoms with E-state index in [2.05, 4.69) is 45.9 Å². The topological polar surface area (TPSA) is 27.7 Å². The molecule has 1 unspecified atom stereocenters. The first-order chi connectivity index (χ1) is 11.4. The van der Waals surface area contributed by atoms with Crippen LogP contribution >= 0.6 is 0 Å². The van der Waals surface area contributed by atoms with Gasteiger partial charge in [-0.15, -0.1) is 0 Å². The molecule has 1 saturated carbocycles. The molecule has 0 bridgehead atoms. The molecular weight excluding hydrogens is 299 g/mol. The molecule has 1 aliphatic carbocycles. The summed E-state index contributed by atoms with van der Waals surface area (Å²) in [6.45, 7) is 10.2. The molecule has 130 valence electrons. The third kappa shape index (κ3) is 3.04. The molecule has 3 aliphatic rings. The van der Waals surface area contributed by atoms with Gasteiger partial charge in [0.15, 0.2) is 0 Å². The van der Waals surface area contributed by atoms with Crippen molar-refractivity contribution in [3.05, 3.63) is 29.3 Å². The van der Waals surface area contributed by atoms with Crippen molar-refractivity contribution in [2.75, 3.05) is 13.2 Å². The van der Waals surface area contributed by atoms with Crippen molar-refractivity contribution in [1.29, 1.82) is 0 Å². The van der Waals surface area contributed by atoms with E-state index in [1.54, 1.807) is 0 Å². The fraction of sp³-hybridized carbons (Fsp3) is 0.700. The van der Waals surface area contributed by atoms with Crippen LogP contribution in [0.5, 0.6) is 0 Å². The SMILES string of the molecule is CC1(C)OB(c2cc(C3CC3)cc(C3CCCOC3)c2)OC1(C)C. The quantitative estimate of drug-likeness (QED) is 0.791. The predicted octanol–water partition coefficient (Wildman–Crippen LogP) is 3.76. The molecule has 2 saturated heterocycles. The number of ether oxygens (including phenoxy) is 1. The summed E-state index contributed by atoms with van der Waals surface area (Å²) in [5.74, 6) is 1.24. The van der Waals surface area contributed by atoms with Crippen LogP contribution in [0.1, 0.15) is 76.3 Å². The van der Waals surface area contributed by atoms with Gasteiger partial charge in [0.1, 0.15) is 0 Å². The Bertz CT molecular complexity index is 599. The number of hydrogen-bond acceptors (Lipinski definition) is 3. The standard InChI is InChI=1S/C20H29BO3/c1-19(2)20(3,4)24-21(23-19)18-11-16(14-7-8-14)10-17(12-18)15-6-5-9-22-13-15/h10-12,14-15H,5-9,13H2,1-4H3. The largest absolute Gasteiger partial charge is 0.494 e. The number of hydrogen-bond donors (Lipinski definition) is 0. The number of benzene rings is 1. The van der Waals surface area contributed by atoms with Gasteiger partial charge in [-0.3, -0.25) is 0 Å². The molecule has 0 spiro atoms. The Balaban J connectivity index is 1.66. The molecule has 4 rings (SSSR count). The first kappa shape index (κ1) is 16.6. The van der Waals surface area contributed by atoms with Crippen LogP contribution in [-0.4, -0.2) is 31.5 Å². The minimum absolute atomic E-state index is 0.267. The van der Waals surface area contributed by atoms with Gasteiger partial charge in [0.25, 0.3) is 0 Å². The number of rotatable bonds is 3. The molecule has 2 heterocycles. The average molecular weight is 328 g/mol. The van der Waals surface area contributed by atoms with Crippen molar-refractivity contribution < 1.29 is 14.0 Å². The van der Waals surface area contributed by atoms with E-state index >= 15 is 0 Å². The molecule has 0 aromatic heterocycles. The Morgan fingerprint density at radius 2 is 1.50 bits per heavy atom. The fourth-order valence-corrected chi connectivity index (χ4v) is 3.71. The van der Waals surface area contributed by atoms with E-state index in [1.807, 2.05) is 0 Å². The van der Waals surface area contributed by atoms with Crippen LogP contribution in [0.25, 0.3) is 0 Å². The van der Waals surface area contributed by atoms with Crippen LogP contribution in [0.3, 0.4) is 0 Å². The minimum atomic E-state index is -0.290. The second kappa shape index (κ2) is 5.86. The molecule has 1 aromatic carbocycles. The van der Waals surface area contributed by atoms with Crippen LogP contribution in [0.4, 0.5) is 0 Å². The van der Waals surface area contributed by atoms with Crippen LogP contribution in [0, 0.1) is 0 Å². The van der Waals surface area contributed by atoms with E-state index in [-0.39, 0.29) is 18.3 Å². The van der Waals surface area contributed by atoms with Gasteiger partial charge in [-0.25, -0.2) is 0 Å². The first-order valence-electron chi connectivity index (χ1n) is 9.44. The maximum absolute atomic E-state index is 6.29. The van der Waals surface area contributed by atoms with Crippen molar-refractivity contribution in [1.82, 2.24) is 0 Å². The summed E-state index contributed by atoms with van der Waals surface area (Å²) in [6.07, 6.45) is 5.00. The Hall–Kier alpha value is -0.835. The highest BCUT2D eigenvalue weighted by Gasteiger charge is 2.52. The van der Waals surface area contributed by atoms with Crippen LogP contribution in [-0.2, 0) is 14.0 Å². The van der Waals surface area contributed by atoms with Crippen LogP contribution in [0.2, 0.25) is 0 Å². The Morgan fingerprint density at radius 3 is 2.04 bits per heavy atom.